The summed E-state index contributed by atoms with van der Waals surface area (Å²) in [6.45, 7) is 0. The Morgan fingerprint density at radius 3 is 2.42 bits per heavy atom. The maximum atomic E-state index is 13.1. The second-order valence-corrected chi connectivity index (χ2v) is 7.75. The quantitative estimate of drug-likeness (QED) is 0.935. The Labute approximate surface area is 139 Å². The summed E-state index contributed by atoms with van der Waals surface area (Å²) in [6.07, 6.45) is 11.6. The zero-order valence-electron chi connectivity index (χ0n) is 13.4. The van der Waals surface area contributed by atoms with Gasteiger partial charge in [0.15, 0.2) is 5.82 Å². The molecule has 2 aromatic heterocycles. The number of nitrogens with zero attached hydrogens (tertiary/aromatic N) is 5. The van der Waals surface area contributed by atoms with E-state index in [2.05, 4.69) is 25.4 Å². The third-order valence-electron chi connectivity index (χ3n) is 6.07. The van der Waals surface area contributed by atoms with Crippen molar-refractivity contribution in [3.8, 4) is 5.82 Å². The molecular formula is C17H20N6O. The Bertz CT molecular complexity index is 736. The smallest absolute Gasteiger partial charge is 0.231 e. The Balaban J connectivity index is 1.38. The summed E-state index contributed by atoms with van der Waals surface area (Å²) in [4.78, 5) is 25.4. The summed E-state index contributed by atoms with van der Waals surface area (Å²) in [5.74, 6) is 3.53. The molecule has 6 rings (SSSR count). The van der Waals surface area contributed by atoms with Crippen LogP contribution in [0.5, 0.6) is 0 Å². The second-order valence-electron chi connectivity index (χ2n) is 7.75. The number of hydrogen-bond acceptors (Lipinski definition) is 5. The normalized spacial score (nSPS) is 33.6. The highest BCUT2D eigenvalue weighted by Gasteiger charge is 2.54. The number of nitrogens with one attached hydrogen (secondary N) is 1. The Kier molecular flexibility index (Phi) is 2.98. The van der Waals surface area contributed by atoms with Gasteiger partial charge in [-0.15, -0.1) is 0 Å². The maximum Gasteiger partial charge on any atom is 0.231 e. The average molecular weight is 324 g/mol. The molecule has 0 aliphatic heterocycles. The van der Waals surface area contributed by atoms with Crippen LogP contribution in [0.15, 0.2) is 25.0 Å². The van der Waals surface area contributed by atoms with Crippen molar-refractivity contribution in [2.75, 3.05) is 5.32 Å². The summed E-state index contributed by atoms with van der Waals surface area (Å²) in [5.41, 5.74) is -0.173. The number of aromatic nitrogens is 5. The van der Waals surface area contributed by atoms with E-state index in [9.17, 15) is 4.79 Å². The lowest BCUT2D eigenvalue weighted by Crippen LogP contribution is -2.51. The first-order chi connectivity index (χ1) is 11.7. The van der Waals surface area contributed by atoms with Crippen molar-refractivity contribution in [2.45, 2.75) is 38.5 Å². The number of amides is 1. The van der Waals surface area contributed by atoms with Gasteiger partial charge in [0.1, 0.15) is 24.8 Å². The van der Waals surface area contributed by atoms with E-state index in [0.29, 0.717) is 11.6 Å². The highest BCUT2D eigenvalue weighted by Crippen LogP contribution is 2.60. The molecule has 0 atom stereocenters. The van der Waals surface area contributed by atoms with Crippen LogP contribution in [0.3, 0.4) is 0 Å². The molecule has 4 bridgehead atoms. The van der Waals surface area contributed by atoms with E-state index in [4.69, 9.17) is 0 Å². The number of carbonyl (C=O) groups is 1. The highest BCUT2D eigenvalue weighted by molar-refractivity contribution is 5.95. The fourth-order valence-corrected chi connectivity index (χ4v) is 5.50. The second kappa shape index (κ2) is 5.09. The molecule has 7 heteroatoms. The Hall–Kier alpha value is -2.31. The van der Waals surface area contributed by atoms with Gasteiger partial charge in [-0.3, -0.25) is 4.79 Å². The van der Waals surface area contributed by atoms with Crippen molar-refractivity contribution in [2.24, 2.45) is 23.2 Å². The highest BCUT2D eigenvalue weighted by atomic mass is 16.2. The van der Waals surface area contributed by atoms with Crippen LogP contribution in [-0.4, -0.2) is 30.6 Å². The SMILES string of the molecule is O=C(Nc1cc(-n2cncn2)ncn1)C12CC3CC(CC(C3)C1)C2. The first kappa shape index (κ1) is 14.1. The molecule has 4 aliphatic carbocycles. The summed E-state index contributed by atoms with van der Waals surface area (Å²) < 4.78 is 1.56. The van der Waals surface area contributed by atoms with Gasteiger partial charge >= 0.3 is 0 Å². The topological polar surface area (TPSA) is 85.6 Å². The molecule has 1 amide bonds. The van der Waals surface area contributed by atoms with Crippen LogP contribution in [0.1, 0.15) is 38.5 Å². The molecule has 2 aromatic rings. The van der Waals surface area contributed by atoms with Crippen molar-refractivity contribution in [1.82, 2.24) is 24.7 Å². The molecule has 0 aromatic carbocycles. The van der Waals surface area contributed by atoms with Crippen molar-refractivity contribution < 1.29 is 4.79 Å². The first-order valence-electron chi connectivity index (χ1n) is 8.69. The van der Waals surface area contributed by atoms with Crippen LogP contribution in [0, 0.1) is 23.2 Å². The van der Waals surface area contributed by atoms with Gasteiger partial charge in [-0.2, -0.15) is 5.10 Å². The lowest BCUT2D eigenvalue weighted by Gasteiger charge is -2.55. The zero-order chi connectivity index (χ0) is 16.1. The molecule has 2 heterocycles. The molecule has 24 heavy (non-hydrogen) atoms. The third kappa shape index (κ3) is 2.22. The molecule has 0 radical (unpaired) electrons. The predicted molar refractivity (Wildman–Crippen MR) is 86.2 cm³/mol. The van der Waals surface area contributed by atoms with Crippen molar-refractivity contribution in [3.63, 3.8) is 0 Å². The molecule has 0 saturated heterocycles. The van der Waals surface area contributed by atoms with E-state index in [1.807, 2.05) is 0 Å². The van der Waals surface area contributed by atoms with Gasteiger partial charge in [0.25, 0.3) is 0 Å². The van der Waals surface area contributed by atoms with Crippen molar-refractivity contribution in [3.05, 3.63) is 25.0 Å². The lowest BCUT2D eigenvalue weighted by atomic mass is 9.49. The summed E-state index contributed by atoms with van der Waals surface area (Å²) in [6, 6.07) is 1.74. The Morgan fingerprint density at radius 1 is 1.08 bits per heavy atom. The van der Waals surface area contributed by atoms with Crippen molar-refractivity contribution >= 4 is 11.7 Å². The molecule has 4 fully saturated rings. The van der Waals surface area contributed by atoms with Gasteiger partial charge in [0.05, 0.1) is 5.41 Å². The van der Waals surface area contributed by atoms with Gasteiger partial charge in [0.2, 0.25) is 5.91 Å². The summed E-state index contributed by atoms with van der Waals surface area (Å²) in [5, 5.41) is 7.11. The van der Waals surface area contributed by atoms with Crippen LogP contribution < -0.4 is 5.32 Å². The number of anilines is 1. The van der Waals surface area contributed by atoms with Gasteiger partial charge in [-0.1, -0.05) is 0 Å². The lowest BCUT2D eigenvalue weighted by molar-refractivity contribution is -0.140. The van der Waals surface area contributed by atoms with Gasteiger partial charge in [0, 0.05) is 6.07 Å². The van der Waals surface area contributed by atoms with E-state index in [0.717, 1.165) is 37.0 Å². The van der Waals surface area contributed by atoms with Crippen LogP contribution in [0.4, 0.5) is 5.82 Å². The molecule has 4 saturated carbocycles. The van der Waals surface area contributed by atoms with Crippen LogP contribution in [0.25, 0.3) is 5.82 Å². The average Bonchev–Trinajstić information content (AvgIpc) is 3.08. The van der Waals surface area contributed by atoms with Gasteiger partial charge in [-0.25, -0.2) is 19.6 Å². The van der Waals surface area contributed by atoms with Gasteiger partial charge < -0.3 is 5.32 Å². The third-order valence-corrected chi connectivity index (χ3v) is 6.07. The van der Waals surface area contributed by atoms with Crippen LogP contribution in [0.2, 0.25) is 0 Å². The number of hydrogen-bond donors (Lipinski definition) is 1. The van der Waals surface area contributed by atoms with Crippen molar-refractivity contribution in [1.29, 1.82) is 0 Å². The first-order valence-corrected chi connectivity index (χ1v) is 8.69. The van der Waals surface area contributed by atoms with Crippen LogP contribution >= 0.6 is 0 Å². The number of carbonyl (C=O) groups excluding carboxylic acids is 1. The zero-order valence-corrected chi connectivity index (χ0v) is 13.4. The monoisotopic (exact) mass is 324 g/mol. The minimum atomic E-state index is -0.173. The molecule has 124 valence electrons. The van der Waals surface area contributed by atoms with E-state index < -0.39 is 0 Å². The largest absolute Gasteiger partial charge is 0.310 e. The van der Waals surface area contributed by atoms with E-state index in [1.165, 1.54) is 31.9 Å². The number of rotatable bonds is 3. The van der Waals surface area contributed by atoms with E-state index in [1.54, 1.807) is 17.1 Å². The molecule has 0 spiro atoms. The fraction of sp³-hybridized carbons (Fsp3) is 0.588. The minimum absolute atomic E-state index is 0.143. The van der Waals surface area contributed by atoms with E-state index in [-0.39, 0.29) is 11.3 Å². The Morgan fingerprint density at radius 2 is 1.79 bits per heavy atom. The fourth-order valence-electron chi connectivity index (χ4n) is 5.50. The van der Waals surface area contributed by atoms with E-state index >= 15 is 0 Å². The maximum absolute atomic E-state index is 13.1. The molecule has 1 N–H and O–H groups in total. The molecule has 0 unspecified atom stereocenters. The van der Waals surface area contributed by atoms with Gasteiger partial charge in [-0.05, 0) is 56.3 Å². The predicted octanol–water partition coefficient (Wildman–Crippen LogP) is 2.21. The summed E-state index contributed by atoms with van der Waals surface area (Å²) in [7, 11) is 0. The standard InChI is InChI=1S/C17H20N6O/c24-16(17-5-11-1-12(6-17)3-13(2-11)7-17)22-14-4-15(20-9-19-14)23-10-18-8-21-23/h4,8-13H,1-3,5-7H2,(H,19,20,22,24). The molecular weight excluding hydrogens is 304 g/mol. The minimum Gasteiger partial charge on any atom is -0.310 e. The molecule has 7 nitrogen and oxygen atoms in total. The van der Waals surface area contributed by atoms with Crippen LogP contribution in [-0.2, 0) is 4.79 Å². The molecule has 4 aliphatic rings. The summed E-state index contributed by atoms with van der Waals surface area (Å²) >= 11 is 0.